The SMILES string of the molecule is CC(CN)CN1CCC(CN(C)C(=O)C(C)C)CC1. The second-order valence-electron chi connectivity index (χ2n) is 6.46. The Kier molecular flexibility index (Phi) is 6.80. The molecule has 0 radical (unpaired) electrons. The molecule has 4 heteroatoms. The Balaban J connectivity index is 2.28. The Morgan fingerprint density at radius 3 is 2.37 bits per heavy atom. The maximum atomic E-state index is 11.9. The Morgan fingerprint density at radius 2 is 1.89 bits per heavy atom. The first-order valence-corrected chi connectivity index (χ1v) is 7.61. The van der Waals surface area contributed by atoms with Gasteiger partial charge in [-0.3, -0.25) is 4.79 Å². The van der Waals surface area contributed by atoms with E-state index in [0.29, 0.717) is 11.8 Å². The van der Waals surface area contributed by atoms with E-state index in [1.807, 2.05) is 25.8 Å². The summed E-state index contributed by atoms with van der Waals surface area (Å²) in [6, 6.07) is 0. The van der Waals surface area contributed by atoms with Gasteiger partial charge < -0.3 is 15.5 Å². The lowest BCUT2D eigenvalue weighted by Crippen LogP contribution is -2.42. The largest absolute Gasteiger partial charge is 0.345 e. The van der Waals surface area contributed by atoms with Crippen molar-refractivity contribution in [2.24, 2.45) is 23.5 Å². The summed E-state index contributed by atoms with van der Waals surface area (Å²) in [5.74, 6) is 1.62. The molecule has 1 unspecified atom stereocenters. The lowest BCUT2D eigenvalue weighted by Gasteiger charge is -2.35. The Morgan fingerprint density at radius 1 is 1.32 bits per heavy atom. The van der Waals surface area contributed by atoms with Crippen molar-refractivity contribution in [2.45, 2.75) is 33.6 Å². The fraction of sp³-hybridized carbons (Fsp3) is 0.933. The number of nitrogens with two attached hydrogens (primary N) is 1. The van der Waals surface area contributed by atoms with Gasteiger partial charge in [-0.2, -0.15) is 0 Å². The highest BCUT2D eigenvalue weighted by Crippen LogP contribution is 2.19. The summed E-state index contributed by atoms with van der Waals surface area (Å²) in [6.45, 7) is 11.2. The summed E-state index contributed by atoms with van der Waals surface area (Å²) in [6.07, 6.45) is 2.40. The number of rotatable bonds is 6. The molecule has 2 N–H and O–H groups in total. The molecule has 0 aliphatic carbocycles. The van der Waals surface area contributed by atoms with Gasteiger partial charge in [-0.1, -0.05) is 20.8 Å². The van der Waals surface area contributed by atoms with Crippen LogP contribution in [0.25, 0.3) is 0 Å². The molecule has 0 aromatic heterocycles. The topological polar surface area (TPSA) is 49.6 Å². The molecular formula is C15H31N3O. The molecule has 0 spiro atoms. The molecule has 19 heavy (non-hydrogen) atoms. The maximum absolute atomic E-state index is 11.9. The molecule has 1 rings (SSSR count). The number of nitrogens with zero attached hydrogens (tertiary/aromatic N) is 2. The second-order valence-corrected chi connectivity index (χ2v) is 6.46. The Hall–Kier alpha value is -0.610. The van der Waals surface area contributed by atoms with Crippen molar-refractivity contribution in [3.63, 3.8) is 0 Å². The molecule has 0 bridgehead atoms. The minimum Gasteiger partial charge on any atom is -0.345 e. The van der Waals surface area contributed by atoms with Gasteiger partial charge in [0.05, 0.1) is 0 Å². The van der Waals surface area contributed by atoms with Gasteiger partial charge in [-0.25, -0.2) is 0 Å². The molecule has 1 heterocycles. The van der Waals surface area contributed by atoms with Gasteiger partial charge in [0, 0.05) is 26.1 Å². The van der Waals surface area contributed by atoms with Crippen molar-refractivity contribution in [3.8, 4) is 0 Å². The standard InChI is InChI=1S/C15H31N3O/c1-12(2)15(19)17(4)11-14-5-7-18(8-6-14)10-13(3)9-16/h12-14H,5-11,16H2,1-4H3. The molecule has 0 aromatic carbocycles. The second kappa shape index (κ2) is 7.85. The number of hydrogen-bond acceptors (Lipinski definition) is 3. The fourth-order valence-corrected chi connectivity index (χ4v) is 2.78. The van der Waals surface area contributed by atoms with Crippen LogP contribution in [-0.4, -0.2) is 55.5 Å². The molecule has 1 aliphatic heterocycles. The third-order valence-corrected chi connectivity index (χ3v) is 4.08. The first-order chi connectivity index (χ1) is 8.93. The third-order valence-electron chi connectivity index (χ3n) is 4.08. The van der Waals surface area contributed by atoms with E-state index >= 15 is 0 Å². The minimum absolute atomic E-state index is 0.107. The maximum Gasteiger partial charge on any atom is 0.224 e. The van der Waals surface area contributed by atoms with Crippen molar-refractivity contribution in [1.29, 1.82) is 0 Å². The van der Waals surface area contributed by atoms with Crippen molar-refractivity contribution in [2.75, 3.05) is 39.8 Å². The predicted molar refractivity (Wildman–Crippen MR) is 79.9 cm³/mol. The zero-order chi connectivity index (χ0) is 14.4. The van der Waals surface area contributed by atoms with E-state index in [0.717, 1.165) is 32.7 Å². The van der Waals surface area contributed by atoms with Crippen LogP contribution in [0.1, 0.15) is 33.6 Å². The lowest BCUT2D eigenvalue weighted by atomic mass is 9.95. The van der Waals surface area contributed by atoms with E-state index in [4.69, 9.17) is 5.73 Å². The van der Waals surface area contributed by atoms with Gasteiger partial charge in [0.25, 0.3) is 0 Å². The molecule has 0 aromatic rings. The third kappa shape index (κ3) is 5.49. The highest BCUT2D eigenvalue weighted by Gasteiger charge is 2.23. The van der Waals surface area contributed by atoms with Crippen LogP contribution < -0.4 is 5.73 Å². The number of piperidine rings is 1. The van der Waals surface area contributed by atoms with E-state index in [2.05, 4.69) is 11.8 Å². The lowest BCUT2D eigenvalue weighted by molar-refractivity contribution is -0.133. The fourth-order valence-electron chi connectivity index (χ4n) is 2.78. The molecule has 1 amide bonds. The molecule has 112 valence electrons. The van der Waals surface area contributed by atoms with Crippen LogP contribution in [-0.2, 0) is 4.79 Å². The highest BCUT2D eigenvalue weighted by molar-refractivity contribution is 5.77. The van der Waals surface area contributed by atoms with Crippen molar-refractivity contribution < 1.29 is 4.79 Å². The molecule has 1 atom stereocenters. The van der Waals surface area contributed by atoms with Crippen molar-refractivity contribution in [1.82, 2.24) is 9.80 Å². The zero-order valence-electron chi connectivity index (χ0n) is 13.1. The van der Waals surface area contributed by atoms with E-state index in [-0.39, 0.29) is 11.8 Å². The van der Waals surface area contributed by atoms with Crippen LogP contribution in [0.5, 0.6) is 0 Å². The van der Waals surface area contributed by atoms with Gasteiger partial charge in [-0.15, -0.1) is 0 Å². The average Bonchev–Trinajstić information content (AvgIpc) is 2.39. The Labute approximate surface area is 118 Å². The summed E-state index contributed by atoms with van der Waals surface area (Å²) in [4.78, 5) is 16.3. The number of likely N-dealkylation sites (tertiary alicyclic amines) is 1. The first-order valence-electron chi connectivity index (χ1n) is 7.61. The summed E-state index contributed by atoms with van der Waals surface area (Å²) in [5.41, 5.74) is 5.67. The van der Waals surface area contributed by atoms with E-state index in [9.17, 15) is 4.79 Å². The number of carbonyl (C=O) groups excluding carboxylic acids is 1. The van der Waals surface area contributed by atoms with Crippen LogP contribution in [0.15, 0.2) is 0 Å². The van der Waals surface area contributed by atoms with Gasteiger partial charge in [-0.05, 0) is 44.3 Å². The summed E-state index contributed by atoms with van der Waals surface area (Å²) in [7, 11) is 1.94. The van der Waals surface area contributed by atoms with Gasteiger partial charge in [0.2, 0.25) is 5.91 Å². The highest BCUT2D eigenvalue weighted by atomic mass is 16.2. The number of carbonyl (C=O) groups is 1. The minimum atomic E-state index is 0.107. The first kappa shape index (κ1) is 16.4. The van der Waals surface area contributed by atoms with Crippen LogP contribution >= 0.6 is 0 Å². The van der Waals surface area contributed by atoms with E-state index < -0.39 is 0 Å². The summed E-state index contributed by atoms with van der Waals surface area (Å²) in [5, 5.41) is 0. The monoisotopic (exact) mass is 269 g/mol. The molecular weight excluding hydrogens is 238 g/mol. The quantitative estimate of drug-likeness (QED) is 0.793. The van der Waals surface area contributed by atoms with Crippen LogP contribution in [0.4, 0.5) is 0 Å². The summed E-state index contributed by atoms with van der Waals surface area (Å²) >= 11 is 0. The molecule has 4 nitrogen and oxygen atoms in total. The number of amides is 1. The van der Waals surface area contributed by atoms with Crippen molar-refractivity contribution in [3.05, 3.63) is 0 Å². The van der Waals surface area contributed by atoms with E-state index in [1.165, 1.54) is 12.8 Å². The number of hydrogen-bond donors (Lipinski definition) is 1. The van der Waals surface area contributed by atoms with Gasteiger partial charge in [0.1, 0.15) is 0 Å². The molecule has 1 aliphatic rings. The van der Waals surface area contributed by atoms with Crippen LogP contribution in [0, 0.1) is 17.8 Å². The van der Waals surface area contributed by atoms with Gasteiger partial charge in [0.15, 0.2) is 0 Å². The smallest absolute Gasteiger partial charge is 0.224 e. The van der Waals surface area contributed by atoms with Crippen LogP contribution in [0.3, 0.4) is 0 Å². The zero-order valence-corrected chi connectivity index (χ0v) is 13.1. The Bertz CT molecular complexity index is 273. The summed E-state index contributed by atoms with van der Waals surface area (Å²) < 4.78 is 0. The molecule has 1 saturated heterocycles. The van der Waals surface area contributed by atoms with E-state index in [1.54, 1.807) is 0 Å². The van der Waals surface area contributed by atoms with Crippen LogP contribution in [0.2, 0.25) is 0 Å². The molecule has 0 saturated carbocycles. The molecule has 1 fully saturated rings. The predicted octanol–water partition coefficient (Wildman–Crippen LogP) is 1.41. The normalized spacial score (nSPS) is 19.7. The average molecular weight is 269 g/mol. The van der Waals surface area contributed by atoms with Crippen molar-refractivity contribution >= 4 is 5.91 Å². The van der Waals surface area contributed by atoms with Gasteiger partial charge >= 0.3 is 0 Å².